The fraction of sp³-hybridized carbons (Fsp3) is 0.462. The maximum Gasteiger partial charge on any atom is 0.217 e. The molecule has 1 amide bonds. The van der Waals surface area contributed by atoms with Crippen molar-refractivity contribution in [3.8, 4) is 0 Å². The lowest BCUT2D eigenvalue weighted by Crippen LogP contribution is -2.21. The Morgan fingerprint density at radius 2 is 1.95 bits per heavy atom. The van der Waals surface area contributed by atoms with Crippen molar-refractivity contribution < 1.29 is 17.6 Å². The minimum absolute atomic E-state index is 0.00194. The number of halogens is 1. The molecule has 0 spiro atoms. The third kappa shape index (κ3) is 4.02. The molecule has 4 nitrogen and oxygen atoms in total. The van der Waals surface area contributed by atoms with Crippen molar-refractivity contribution in [3.05, 3.63) is 29.1 Å². The van der Waals surface area contributed by atoms with Gasteiger partial charge in [-0.3, -0.25) is 4.79 Å². The lowest BCUT2D eigenvalue weighted by Gasteiger charge is -2.14. The number of hydrogen-bond acceptors (Lipinski definition) is 3. The molecule has 0 bridgehead atoms. The highest BCUT2D eigenvalue weighted by Gasteiger charge is 2.19. The van der Waals surface area contributed by atoms with Crippen LogP contribution in [0.1, 0.15) is 37.8 Å². The molecule has 1 rings (SSSR count). The number of sulfone groups is 1. The average Bonchev–Trinajstić information content (AvgIpc) is 2.24. The maximum absolute atomic E-state index is 14.0. The van der Waals surface area contributed by atoms with E-state index in [9.17, 15) is 17.6 Å². The van der Waals surface area contributed by atoms with Crippen molar-refractivity contribution in [3.63, 3.8) is 0 Å². The molecule has 0 atom stereocenters. The Bertz CT molecular complexity index is 594. The smallest absolute Gasteiger partial charge is 0.217 e. The molecule has 0 aliphatic heterocycles. The van der Waals surface area contributed by atoms with Gasteiger partial charge < -0.3 is 5.32 Å². The van der Waals surface area contributed by atoms with Crippen molar-refractivity contribution in [2.24, 2.45) is 0 Å². The molecular formula is C13H18FNO3S. The van der Waals surface area contributed by atoms with Gasteiger partial charge >= 0.3 is 0 Å². The van der Waals surface area contributed by atoms with Crippen molar-refractivity contribution in [2.75, 3.05) is 6.26 Å². The van der Waals surface area contributed by atoms with Crippen molar-refractivity contribution >= 4 is 15.7 Å². The van der Waals surface area contributed by atoms with Gasteiger partial charge in [0.15, 0.2) is 9.84 Å². The van der Waals surface area contributed by atoms with Gasteiger partial charge in [0.1, 0.15) is 5.82 Å². The molecule has 1 aromatic rings. The summed E-state index contributed by atoms with van der Waals surface area (Å²) in [6.07, 6.45) is 1.03. The number of hydrogen-bond donors (Lipinski definition) is 1. The molecule has 1 N–H and O–H groups in total. The van der Waals surface area contributed by atoms with Gasteiger partial charge in [-0.2, -0.15) is 0 Å². The van der Waals surface area contributed by atoms with Gasteiger partial charge in [0.2, 0.25) is 5.91 Å². The zero-order valence-corrected chi connectivity index (χ0v) is 12.3. The van der Waals surface area contributed by atoms with Crippen molar-refractivity contribution in [2.45, 2.75) is 38.1 Å². The SMILES string of the molecule is CC(=O)NCc1c(F)cc(C(C)C)cc1S(C)(=O)=O. The van der Waals surface area contributed by atoms with Gasteiger partial charge in [-0.15, -0.1) is 0 Å². The van der Waals surface area contributed by atoms with E-state index in [0.717, 1.165) is 6.26 Å². The van der Waals surface area contributed by atoms with Crippen molar-refractivity contribution in [1.29, 1.82) is 0 Å². The van der Waals surface area contributed by atoms with Crippen LogP contribution in [0.2, 0.25) is 0 Å². The molecule has 0 aliphatic rings. The molecular weight excluding hydrogens is 269 g/mol. The van der Waals surface area contributed by atoms with Crippen molar-refractivity contribution in [1.82, 2.24) is 5.32 Å². The number of rotatable bonds is 4. The van der Waals surface area contributed by atoms with Crippen LogP contribution in [0, 0.1) is 5.82 Å². The Balaban J connectivity index is 3.40. The highest BCUT2D eigenvalue weighted by Crippen LogP contribution is 2.25. The molecule has 0 unspecified atom stereocenters. The molecule has 0 fully saturated rings. The number of carbonyl (C=O) groups is 1. The minimum atomic E-state index is -3.55. The first kappa shape index (κ1) is 15.6. The van der Waals surface area contributed by atoms with E-state index in [0.29, 0.717) is 5.56 Å². The standard InChI is InChI=1S/C13H18FNO3S/c1-8(2)10-5-12(14)11(7-15-9(3)16)13(6-10)19(4,17)18/h5-6,8H,7H2,1-4H3,(H,15,16). The Kier molecular flexibility index (Phi) is 4.68. The summed E-state index contributed by atoms with van der Waals surface area (Å²) in [5.74, 6) is -0.933. The first-order valence-electron chi connectivity index (χ1n) is 5.89. The molecule has 6 heteroatoms. The summed E-state index contributed by atoms with van der Waals surface area (Å²) in [6, 6.07) is 2.79. The molecule has 0 saturated carbocycles. The van der Waals surface area contributed by atoms with Crippen LogP contribution in [0.3, 0.4) is 0 Å². The Morgan fingerprint density at radius 1 is 1.37 bits per heavy atom. The Morgan fingerprint density at radius 3 is 2.37 bits per heavy atom. The lowest BCUT2D eigenvalue weighted by molar-refractivity contribution is -0.119. The van der Waals surface area contributed by atoms with E-state index in [1.54, 1.807) is 0 Å². The molecule has 0 aromatic heterocycles. The Hall–Kier alpha value is -1.43. The van der Waals surface area contributed by atoms with Crippen LogP contribution in [0.5, 0.6) is 0 Å². The van der Waals surface area contributed by atoms with E-state index < -0.39 is 15.7 Å². The first-order chi connectivity index (χ1) is 8.62. The molecule has 1 aromatic carbocycles. The molecule has 0 heterocycles. The molecule has 106 valence electrons. The molecule has 0 aliphatic carbocycles. The van der Waals surface area contributed by atoms with Crippen LogP contribution in [0.4, 0.5) is 4.39 Å². The van der Waals surface area contributed by atoms with Crippen LogP contribution in [-0.2, 0) is 21.2 Å². The van der Waals surface area contributed by atoms with Crippen LogP contribution in [0.25, 0.3) is 0 Å². The predicted octanol–water partition coefficient (Wildman–Crippen LogP) is 1.99. The fourth-order valence-corrected chi connectivity index (χ4v) is 2.65. The third-order valence-electron chi connectivity index (χ3n) is 2.76. The third-order valence-corrected chi connectivity index (χ3v) is 3.92. The lowest BCUT2D eigenvalue weighted by atomic mass is 10.0. The van der Waals surface area contributed by atoms with Gasteiger partial charge in [0.05, 0.1) is 4.90 Å². The van der Waals surface area contributed by atoms with Crippen LogP contribution in [0.15, 0.2) is 17.0 Å². The second-order valence-electron chi connectivity index (χ2n) is 4.82. The van der Waals surface area contributed by atoms with Crippen LogP contribution < -0.4 is 5.32 Å². The highest BCUT2D eigenvalue weighted by atomic mass is 32.2. The van der Waals surface area contributed by atoms with E-state index in [2.05, 4.69) is 5.32 Å². The van der Waals surface area contributed by atoms with Gasteiger partial charge in [-0.25, -0.2) is 12.8 Å². The molecule has 19 heavy (non-hydrogen) atoms. The summed E-state index contributed by atoms with van der Waals surface area (Å²) in [7, 11) is -3.55. The van der Waals surface area contributed by atoms with Gasteiger partial charge in [0, 0.05) is 25.3 Å². The summed E-state index contributed by atoms with van der Waals surface area (Å²) in [5, 5.41) is 2.42. The van der Waals surface area contributed by atoms with E-state index in [1.165, 1.54) is 19.1 Å². The quantitative estimate of drug-likeness (QED) is 0.921. The van der Waals surface area contributed by atoms with Gasteiger partial charge in [-0.1, -0.05) is 13.8 Å². The average molecular weight is 287 g/mol. The van der Waals surface area contributed by atoms with Gasteiger partial charge in [-0.05, 0) is 23.6 Å². The number of nitrogens with one attached hydrogen (secondary N) is 1. The Labute approximate surface area is 112 Å². The van der Waals surface area contributed by atoms with Crippen LogP contribution in [-0.4, -0.2) is 20.6 Å². The molecule has 0 radical (unpaired) electrons. The van der Waals surface area contributed by atoms with E-state index in [1.807, 2.05) is 13.8 Å². The first-order valence-corrected chi connectivity index (χ1v) is 7.79. The summed E-state index contributed by atoms with van der Waals surface area (Å²) >= 11 is 0. The second-order valence-corrected chi connectivity index (χ2v) is 6.80. The van der Waals surface area contributed by atoms with E-state index in [-0.39, 0.29) is 28.8 Å². The summed E-state index contributed by atoms with van der Waals surface area (Å²) < 4.78 is 37.5. The summed E-state index contributed by atoms with van der Waals surface area (Å²) in [4.78, 5) is 10.8. The van der Waals surface area contributed by atoms with E-state index in [4.69, 9.17) is 0 Å². The van der Waals surface area contributed by atoms with Crippen LogP contribution >= 0.6 is 0 Å². The number of benzene rings is 1. The second kappa shape index (κ2) is 5.69. The van der Waals surface area contributed by atoms with E-state index >= 15 is 0 Å². The van der Waals surface area contributed by atoms with Gasteiger partial charge in [0.25, 0.3) is 0 Å². The predicted molar refractivity (Wildman–Crippen MR) is 71.1 cm³/mol. The summed E-state index contributed by atoms with van der Waals surface area (Å²) in [5.41, 5.74) is 0.617. The minimum Gasteiger partial charge on any atom is -0.352 e. The monoisotopic (exact) mass is 287 g/mol. The largest absolute Gasteiger partial charge is 0.352 e. The zero-order chi connectivity index (χ0) is 14.8. The zero-order valence-electron chi connectivity index (χ0n) is 11.5. The highest BCUT2D eigenvalue weighted by molar-refractivity contribution is 7.90. The fourth-order valence-electron chi connectivity index (χ4n) is 1.68. The number of amides is 1. The topological polar surface area (TPSA) is 63.2 Å². The maximum atomic E-state index is 14.0. The normalized spacial score (nSPS) is 11.7. The number of carbonyl (C=O) groups excluding carboxylic acids is 1. The molecule has 0 saturated heterocycles. The summed E-state index contributed by atoms with van der Waals surface area (Å²) in [6.45, 7) is 4.87.